The molecule has 1 aromatic rings. The highest BCUT2D eigenvalue weighted by Gasteiger charge is 2.29. The molecule has 0 spiro atoms. The standard InChI is InChI=1S/C15H20N2O3/c1-10-4-5-12(11(2)6-10)13(18)7-17-9-14(19)16(3)8-15(17)20/h4-6,13,18H,7-9H2,1-3H3. The second-order valence-electron chi connectivity index (χ2n) is 5.40. The number of piperazine rings is 1. The number of aliphatic hydroxyl groups excluding tert-OH is 1. The molecule has 0 radical (unpaired) electrons. The summed E-state index contributed by atoms with van der Waals surface area (Å²) in [5, 5.41) is 10.3. The predicted octanol–water partition coefficient (Wildman–Crippen LogP) is 0.637. The third kappa shape index (κ3) is 2.99. The minimum absolute atomic E-state index is 0.0390. The topological polar surface area (TPSA) is 60.9 Å². The number of aryl methyl sites for hydroxylation is 2. The van der Waals surface area contributed by atoms with Gasteiger partial charge in [-0.25, -0.2) is 0 Å². The number of β-amino-alcohol motifs (C(OH)–C–C–N with tert-alkyl or cyclic N) is 1. The molecule has 2 rings (SSSR count). The molecule has 0 aliphatic carbocycles. The van der Waals surface area contributed by atoms with Crippen LogP contribution >= 0.6 is 0 Å². The maximum absolute atomic E-state index is 11.9. The molecular formula is C15H20N2O3. The van der Waals surface area contributed by atoms with E-state index in [0.717, 1.165) is 16.7 Å². The van der Waals surface area contributed by atoms with Crippen molar-refractivity contribution in [1.29, 1.82) is 0 Å². The molecule has 1 fully saturated rings. The molecule has 1 N–H and O–H groups in total. The van der Waals surface area contributed by atoms with E-state index in [-0.39, 0.29) is 31.4 Å². The molecule has 0 saturated carbocycles. The van der Waals surface area contributed by atoms with Crippen molar-refractivity contribution in [3.05, 3.63) is 34.9 Å². The molecule has 0 bridgehead atoms. The molecule has 1 aromatic carbocycles. The predicted molar refractivity (Wildman–Crippen MR) is 75.1 cm³/mol. The van der Waals surface area contributed by atoms with Gasteiger partial charge in [-0.2, -0.15) is 0 Å². The Labute approximate surface area is 118 Å². The van der Waals surface area contributed by atoms with Crippen LogP contribution in [0.1, 0.15) is 22.8 Å². The summed E-state index contributed by atoms with van der Waals surface area (Å²) in [5.74, 6) is -0.228. The van der Waals surface area contributed by atoms with Crippen LogP contribution in [-0.4, -0.2) is 53.4 Å². The molecule has 0 aromatic heterocycles. The van der Waals surface area contributed by atoms with Gasteiger partial charge in [0.1, 0.15) is 0 Å². The average Bonchev–Trinajstić information content (AvgIpc) is 2.35. The number of nitrogens with zero attached hydrogens (tertiary/aromatic N) is 2. The first kappa shape index (κ1) is 14.5. The van der Waals surface area contributed by atoms with Crippen LogP contribution in [0.4, 0.5) is 0 Å². The molecule has 5 heteroatoms. The SMILES string of the molecule is Cc1ccc(C(O)CN2CC(=O)N(C)CC2=O)c(C)c1. The van der Waals surface area contributed by atoms with E-state index in [4.69, 9.17) is 0 Å². The average molecular weight is 276 g/mol. The van der Waals surface area contributed by atoms with Crippen LogP contribution in [0.3, 0.4) is 0 Å². The quantitative estimate of drug-likeness (QED) is 0.881. The van der Waals surface area contributed by atoms with Crippen molar-refractivity contribution in [3.8, 4) is 0 Å². The Hall–Kier alpha value is -1.88. The fourth-order valence-corrected chi connectivity index (χ4v) is 2.44. The molecule has 1 aliphatic heterocycles. The van der Waals surface area contributed by atoms with Crippen LogP contribution in [0.15, 0.2) is 18.2 Å². The van der Waals surface area contributed by atoms with Gasteiger partial charge < -0.3 is 14.9 Å². The third-order valence-electron chi connectivity index (χ3n) is 3.65. The molecule has 2 amide bonds. The van der Waals surface area contributed by atoms with Crippen LogP contribution in [0.5, 0.6) is 0 Å². The number of carbonyl (C=O) groups excluding carboxylic acids is 2. The molecule has 1 aliphatic rings. The van der Waals surface area contributed by atoms with Crippen molar-refractivity contribution in [1.82, 2.24) is 9.80 Å². The number of rotatable bonds is 3. The Balaban J connectivity index is 2.09. The second-order valence-corrected chi connectivity index (χ2v) is 5.40. The van der Waals surface area contributed by atoms with E-state index < -0.39 is 6.10 Å². The summed E-state index contributed by atoms with van der Waals surface area (Å²) >= 11 is 0. The molecule has 20 heavy (non-hydrogen) atoms. The van der Waals surface area contributed by atoms with Gasteiger partial charge in [-0.1, -0.05) is 23.8 Å². The van der Waals surface area contributed by atoms with Crippen LogP contribution < -0.4 is 0 Å². The maximum atomic E-state index is 11.9. The fourth-order valence-electron chi connectivity index (χ4n) is 2.44. The highest BCUT2D eigenvalue weighted by molar-refractivity contribution is 5.92. The maximum Gasteiger partial charge on any atom is 0.242 e. The Morgan fingerprint density at radius 3 is 2.55 bits per heavy atom. The number of hydrogen-bond acceptors (Lipinski definition) is 3. The lowest BCUT2D eigenvalue weighted by atomic mass is 10.0. The lowest BCUT2D eigenvalue weighted by Crippen LogP contribution is -2.53. The van der Waals surface area contributed by atoms with Gasteiger partial charge in [0.25, 0.3) is 0 Å². The summed E-state index contributed by atoms with van der Waals surface area (Å²) in [7, 11) is 1.61. The van der Waals surface area contributed by atoms with E-state index in [1.807, 2.05) is 32.0 Å². The minimum Gasteiger partial charge on any atom is -0.387 e. The molecular weight excluding hydrogens is 256 g/mol. The molecule has 5 nitrogen and oxygen atoms in total. The van der Waals surface area contributed by atoms with Crippen molar-refractivity contribution >= 4 is 11.8 Å². The van der Waals surface area contributed by atoms with Gasteiger partial charge in [0.15, 0.2) is 0 Å². The Kier molecular flexibility index (Phi) is 4.09. The van der Waals surface area contributed by atoms with E-state index in [1.54, 1.807) is 7.05 Å². The molecule has 108 valence electrons. The summed E-state index contributed by atoms with van der Waals surface area (Å²) in [6.45, 7) is 4.20. The van der Waals surface area contributed by atoms with E-state index in [9.17, 15) is 14.7 Å². The van der Waals surface area contributed by atoms with Gasteiger partial charge in [0.05, 0.1) is 25.7 Å². The van der Waals surface area contributed by atoms with E-state index in [1.165, 1.54) is 9.80 Å². The summed E-state index contributed by atoms with van der Waals surface area (Å²) in [4.78, 5) is 26.3. The van der Waals surface area contributed by atoms with Crippen molar-refractivity contribution in [2.45, 2.75) is 20.0 Å². The number of benzene rings is 1. The second kappa shape index (κ2) is 5.63. The summed E-state index contributed by atoms with van der Waals surface area (Å²) in [6, 6.07) is 5.80. The normalized spacial score (nSPS) is 17.6. The summed E-state index contributed by atoms with van der Waals surface area (Å²) < 4.78 is 0. The lowest BCUT2D eigenvalue weighted by molar-refractivity contribution is -0.150. The van der Waals surface area contributed by atoms with Gasteiger partial charge in [0, 0.05) is 7.05 Å². The molecule has 1 saturated heterocycles. The van der Waals surface area contributed by atoms with Crippen molar-refractivity contribution < 1.29 is 14.7 Å². The first-order valence-corrected chi connectivity index (χ1v) is 6.65. The van der Waals surface area contributed by atoms with E-state index in [0.29, 0.717) is 0 Å². The number of amides is 2. The van der Waals surface area contributed by atoms with Crippen molar-refractivity contribution in [2.24, 2.45) is 0 Å². The van der Waals surface area contributed by atoms with Gasteiger partial charge in [-0.15, -0.1) is 0 Å². The number of carbonyl (C=O) groups is 2. The first-order valence-electron chi connectivity index (χ1n) is 6.65. The van der Waals surface area contributed by atoms with Gasteiger partial charge in [0.2, 0.25) is 11.8 Å². The Morgan fingerprint density at radius 1 is 1.20 bits per heavy atom. The zero-order valence-corrected chi connectivity index (χ0v) is 12.1. The highest BCUT2D eigenvalue weighted by atomic mass is 16.3. The van der Waals surface area contributed by atoms with E-state index >= 15 is 0 Å². The van der Waals surface area contributed by atoms with Crippen LogP contribution in [0.2, 0.25) is 0 Å². The van der Waals surface area contributed by atoms with Gasteiger partial charge in [-0.05, 0) is 25.0 Å². The zero-order valence-electron chi connectivity index (χ0n) is 12.1. The lowest BCUT2D eigenvalue weighted by Gasteiger charge is -2.33. The summed E-state index contributed by atoms with van der Waals surface area (Å²) in [6.07, 6.45) is -0.768. The Morgan fingerprint density at radius 2 is 1.90 bits per heavy atom. The molecule has 1 atom stereocenters. The van der Waals surface area contributed by atoms with Gasteiger partial charge in [-0.3, -0.25) is 9.59 Å². The van der Waals surface area contributed by atoms with Crippen LogP contribution in [-0.2, 0) is 9.59 Å². The molecule has 1 heterocycles. The van der Waals surface area contributed by atoms with Crippen molar-refractivity contribution in [2.75, 3.05) is 26.7 Å². The first-order chi connectivity index (χ1) is 9.38. The molecule has 1 unspecified atom stereocenters. The van der Waals surface area contributed by atoms with Gasteiger partial charge >= 0.3 is 0 Å². The number of likely N-dealkylation sites (N-methyl/N-ethyl adjacent to an activating group) is 1. The third-order valence-corrected chi connectivity index (χ3v) is 3.65. The van der Waals surface area contributed by atoms with E-state index in [2.05, 4.69) is 0 Å². The summed E-state index contributed by atoms with van der Waals surface area (Å²) in [5.41, 5.74) is 2.92. The van der Waals surface area contributed by atoms with Crippen LogP contribution in [0, 0.1) is 13.8 Å². The van der Waals surface area contributed by atoms with Crippen LogP contribution in [0.25, 0.3) is 0 Å². The number of hydrogen-bond donors (Lipinski definition) is 1. The zero-order chi connectivity index (χ0) is 14.9. The Bertz CT molecular complexity index is 542. The number of aliphatic hydroxyl groups is 1. The minimum atomic E-state index is -0.768. The highest BCUT2D eigenvalue weighted by Crippen LogP contribution is 2.20. The largest absolute Gasteiger partial charge is 0.387 e. The fraction of sp³-hybridized carbons (Fsp3) is 0.467. The van der Waals surface area contributed by atoms with Crippen molar-refractivity contribution in [3.63, 3.8) is 0 Å². The smallest absolute Gasteiger partial charge is 0.242 e. The monoisotopic (exact) mass is 276 g/mol.